The van der Waals surface area contributed by atoms with Crippen molar-refractivity contribution in [1.82, 2.24) is 9.80 Å². The number of amides is 2. The summed E-state index contributed by atoms with van der Waals surface area (Å²) in [5.74, 6) is 1.82. The van der Waals surface area contributed by atoms with Crippen LogP contribution in [0.15, 0.2) is 46.7 Å². The molecule has 1 aromatic carbocycles. The van der Waals surface area contributed by atoms with Crippen LogP contribution in [0.5, 0.6) is 0 Å². The molecule has 6 heteroatoms. The van der Waals surface area contributed by atoms with Gasteiger partial charge in [-0.25, -0.2) is 0 Å². The molecule has 4 rings (SSSR count). The fraction of sp³-hybridized carbons (Fsp3) is 0.478. The van der Waals surface area contributed by atoms with Gasteiger partial charge in [0.05, 0.1) is 5.56 Å². The molecule has 1 aromatic heterocycles. The highest BCUT2D eigenvalue weighted by Gasteiger charge is 2.28. The van der Waals surface area contributed by atoms with Gasteiger partial charge in [-0.15, -0.1) is 23.1 Å². The Labute approximate surface area is 181 Å². The number of benzene rings is 1. The van der Waals surface area contributed by atoms with Gasteiger partial charge in [0, 0.05) is 48.1 Å². The molecule has 0 spiro atoms. The van der Waals surface area contributed by atoms with Crippen molar-refractivity contribution in [1.29, 1.82) is 0 Å². The second-order valence-corrected chi connectivity index (χ2v) is 9.94. The lowest BCUT2D eigenvalue weighted by Gasteiger charge is -2.35. The zero-order valence-electron chi connectivity index (χ0n) is 16.7. The predicted molar refractivity (Wildman–Crippen MR) is 119 cm³/mol. The Balaban J connectivity index is 1.33. The molecule has 0 atom stereocenters. The van der Waals surface area contributed by atoms with E-state index in [2.05, 4.69) is 17.5 Å². The minimum Gasteiger partial charge on any atom is -0.339 e. The van der Waals surface area contributed by atoms with Crippen LogP contribution in [0, 0.1) is 5.92 Å². The van der Waals surface area contributed by atoms with Gasteiger partial charge in [0.2, 0.25) is 5.91 Å². The summed E-state index contributed by atoms with van der Waals surface area (Å²) in [7, 11) is 0. The van der Waals surface area contributed by atoms with Crippen molar-refractivity contribution in [2.75, 3.05) is 26.2 Å². The van der Waals surface area contributed by atoms with Gasteiger partial charge in [0.1, 0.15) is 0 Å². The van der Waals surface area contributed by atoms with Gasteiger partial charge in [-0.2, -0.15) is 0 Å². The fourth-order valence-electron chi connectivity index (χ4n) is 4.23. The largest absolute Gasteiger partial charge is 0.339 e. The Morgan fingerprint density at radius 1 is 0.966 bits per heavy atom. The number of rotatable bonds is 6. The van der Waals surface area contributed by atoms with Crippen LogP contribution in [0.4, 0.5) is 0 Å². The van der Waals surface area contributed by atoms with Gasteiger partial charge >= 0.3 is 0 Å². The van der Waals surface area contributed by atoms with Gasteiger partial charge < -0.3 is 9.80 Å². The van der Waals surface area contributed by atoms with Crippen molar-refractivity contribution in [2.45, 2.75) is 42.8 Å². The molecule has 2 aliphatic rings. The van der Waals surface area contributed by atoms with Crippen molar-refractivity contribution in [3.05, 3.63) is 52.2 Å². The monoisotopic (exact) mass is 428 g/mol. The van der Waals surface area contributed by atoms with E-state index in [0.29, 0.717) is 38.5 Å². The number of carbonyl (C=O) groups excluding carboxylic acids is 2. The van der Waals surface area contributed by atoms with Gasteiger partial charge in [-0.1, -0.05) is 31.0 Å². The average molecular weight is 429 g/mol. The van der Waals surface area contributed by atoms with Crippen LogP contribution in [0.2, 0.25) is 0 Å². The van der Waals surface area contributed by atoms with E-state index >= 15 is 0 Å². The summed E-state index contributed by atoms with van der Waals surface area (Å²) >= 11 is 3.46. The highest BCUT2D eigenvalue weighted by Crippen LogP contribution is 2.30. The predicted octanol–water partition coefficient (Wildman–Crippen LogP) is 4.91. The van der Waals surface area contributed by atoms with Crippen molar-refractivity contribution in [3.63, 3.8) is 0 Å². The quantitative estimate of drug-likeness (QED) is 0.614. The first kappa shape index (κ1) is 20.5. The summed E-state index contributed by atoms with van der Waals surface area (Å²) in [6.07, 6.45) is 5.62. The molecule has 2 aromatic rings. The minimum absolute atomic E-state index is 0.0853. The van der Waals surface area contributed by atoms with Crippen LogP contribution < -0.4 is 0 Å². The molecule has 2 fully saturated rings. The number of nitrogens with zero attached hydrogens (tertiary/aromatic N) is 2. The maximum absolute atomic E-state index is 13.1. The van der Waals surface area contributed by atoms with Gasteiger partial charge in [-0.05, 0) is 42.3 Å². The Hall–Kier alpha value is -1.79. The number of thiophene rings is 1. The molecule has 0 bridgehead atoms. The minimum atomic E-state index is 0.0853. The van der Waals surface area contributed by atoms with Crippen LogP contribution in [0.1, 0.15) is 47.3 Å². The summed E-state index contributed by atoms with van der Waals surface area (Å²) in [6.45, 7) is 2.56. The Morgan fingerprint density at radius 3 is 2.41 bits per heavy atom. The highest BCUT2D eigenvalue weighted by atomic mass is 32.2. The average Bonchev–Trinajstić information content (AvgIpc) is 3.46. The second-order valence-electron chi connectivity index (χ2n) is 7.89. The van der Waals surface area contributed by atoms with Crippen LogP contribution >= 0.6 is 23.1 Å². The number of hydrogen-bond acceptors (Lipinski definition) is 4. The molecule has 2 amide bonds. The van der Waals surface area contributed by atoms with Crippen molar-refractivity contribution in [2.24, 2.45) is 5.92 Å². The standard InChI is InChI=1S/C23H28N2O2S2/c26-22(16-18-6-1-2-7-18)24-11-13-25(14-12-24)23(27)20-9-3-4-10-21(20)29-17-19-8-5-15-28-19/h3-5,8-10,15,18H,1-2,6-7,11-14,16-17H2. The molecular formula is C23H28N2O2S2. The molecular weight excluding hydrogens is 400 g/mol. The third-order valence-corrected chi connectivity index (χ3v) is 8.11. The lowest BCUT2D eigenvalue weighted by atomic mass is 10.0. The first-order chi connectivity index (χ1) is 14.2. The number of carbonyl (C=O) groups is 2. The van der Waals surface area contributed by atoms with Crippen LogP contribution in [0.3, 0.4) is 0 Å². The summed E-state index contributed by atoms with van der Waals surface area (Å²) < 4.78 is 0. The van der Waals surface area contributed by atoms with Gasteiger partial charge in [0.15, 0.2) is 0 Å². The maximum atomic E-state index is 13.1. The topological polar surface area (TPSA) is 40.6 Å². The molecule has 0 unspecified atom stereocenters. The second kappa shape index (κ2) is 9.81. The first-order valence-corrected chi connectivity index (χ1v) is 12.4. The molecule has 0 radical (unpaired) electrons. The molecule has 1 saturated carbocycles. The van der Waals surface area contributed by atoms with E-state index in [1.54, 1.807) is 23.1 Å². The maximum Gasteiger partial charge on any atom is 0.255 e. The van der Waals surface area contributed by atoms with E-state index in [4.69, 9.17) is 0 Å². The summed E-state index contributed by atoms with van der Waals surface area (Å²) in [6, 6.07) is 12.1. The van der Waals surface area contributed by atoms with Gasteiger partial charge in [-0.3, -0.25) is 9.59 Å². The zero-order valence-corrected chi connectivity index (χ0v) is 18.4. The van der Waals surface area contributed by atoms with E-state index in [9.17, 15) is 9.59 Å². The van der Waals surface area contributed by atoms with Crippen LogP contribution in [-0.4, -0.2) is 47.8 Å². The SMILES string of the molecule is O=C(CC1CCCC1)N1CCN(C(=O)c2ccccc2SCc2cccs2)CC1. The van der Waals surface area contributed by atoms with Crippen LogP contribution in [0.25, 0.3) is 0 Å². The van der Waals surface area contributed by atoms with Crippen molar-refractivity contribution < 1.29 is 9.59 Å². The summed E-state index contributed by atoms with van der Waals surface area (Å²) in [5, 5.41) is 2.08. The fourth-order valence-corrected chi connectivity index (χ4v) is 6.05. The number of piperazine rings is 1. The zero-order chi connectivity index (χ0) is 20.1. The molecule has 0 N–H and O–H groups in total. The van der Waals surface area contributed by atoms with E-state index in [1.807, 2.05) is 34.1 Å². The van der Waals surface area contributed by atoms with E-state index in [0.717, 1.165) is 16.2 Å². The first-order valence-electron chi connectivity index (χ1n) is 10.5. The third kappa shape index (κ3) is 5.23. The molecule has 1 aliphatic carbocycles. The third-order valence-electron chi connectivity index (χ3n) is 5.93. The van der Waals surface area contributed by atoms with E-state index < -0.39 is 0 Å². The molecule has 1 saturated heterocycles. The lowest BCUT2D eigenvalue weighted by molar-refractivity contribution is -0.133. The number of hydrogen-bond donors (Lipinski definition) is 0. The molecule has 29 heavy (non-hydrogen) atoms. The Morgan fingerprint density at radius 2 is 1.69 bits per heavy atom. The van der Waals surface area contributed by atoms with Crippen molar-refractivity contribution in [3.8, 4) is 0 Å². The normalized spacial score (nSPS) is 17.7. The van der Waals surface area contributed by atoms with E-state index in [1.165, 1.54) is 30.6 Å². The molecule has 4 nitrogen and oxygen atoms in total. The number of thioether (sulfide) groups is 1. The van der Waals surface area contributed by atoms with Gasteiger partial charge in [0.25, 0.3) is 5.91 Å². The summed E-state index contributed by atoms with van der Waals surface area (Å²) in [5.41, 5.74) is 0.778. The van der Waals surface area contributed by atoms with Crippen molar-refractivity contribution >= 4 is 34.9 Å². The molecule has 1 aliphatic heterocycles. The summed E-state index contributed by atoms with van der Waals surface area (Å²) in [4.78, 5) is 31.9. The molecule has 154 valence electrons. The highest BCUT2D eigenvalue weighted by molar-refractivity contribution is 7.98. The smallest absolute Gasteiger partial charge is 0.255 e. The van der Waals surface area contributed by atoms with E-state index in [-0.39, 0.29) is 11.8 Å². The Bertz CT molecular complexity index is 823. The Kier molecular flexibility index (Phi) is 6.93. The lowest BCUT2D eigenvalue weighted by Crippen LogP contribution is -2.50. The molecule has 2 heterocycles. The van der Waals surface area contributed by atoms with Crippen LogP contribution in [-0.2, 0) is 10.5 Å².